The highest BCUT2D eigenvalue weighted by atomic mass is 16.2. The van der Waals surface area contributed by atoms with Gasteiger partial charge in [0, 0.05) is 6.54 Å². The molecule has 2 aliphatic rings. The molecule has 1 aliphatic carbocycles. The highest BCUT2D eigenvalue weighted by Gasteiger charge is 2.49. The van der Waals surface area contributed by atoms with Crippen LogP contribution in [0.1, 0.15) is 39.0 Å². The molecular weight excluding hydrogens is 214 g/mol. The Balaban J connectivity index is 2.19. The van der Waals surface area contributed by atoms with Crippen LogP contribution in [0.5, 0.6) is 0 Å². The molecular formula is C13H21N3O. The number of aliphatic imine (C=N–C) groups is 1. The molecule has 1 heterocycles. The van der Waals surface area contributed by atoms with Gasteiger partial charge >= 0.3 is 6.03 Å². The first-order chi connectivity index (χ1) is 8.14. The van der Waals surface area contributed by atoms with Gasteiger partial charge in [0.15, 0.2) is 0 Å². The van der Waals surface area contributed by atoms with E-state index < -0.39 is 0 Å². The number of nitrogens with two attached hydrogens (primary N) is 1. The van der Waals surface area contributed by atoms with Crippen molar-refractivity contribution in [2.24, 2.45) is 16.6 Å². The second kappa shape index (κ2) is 4.51. The third-order valence-corrected chi connectivity index (χ3v) is 4.26. The molecule has 1 saturated carbocycles. The Labute approximate surface area is 103 Å². The lowest BCUT2D eigenvalue weighted by Gasteiger charge is -2.42. The molecule has 1 aliphatic heterocycles. The molecule has 1 fully saturated rings. The van der Waals surface area contributed by atoms with Gasteiger partial charge < -0.3 is 10.6 Å². The molecule has 0 aromatic carbocycles. The maximum absolute atomic E-state index is 11.8. The molecule has 4 heteroatoms. The highest BCUT2D eigenvalue weighted by molar-refractivity contribution is 6.05. The normalized spacial score (nSPS) is 33.0. The first-order valence-electron chi connectivity index (χ1n) is 6.41. The smallest absolute Gasteiger partial charge is 0.346 e. The minimum absolute atomic E-state index is 0.197. The van der Waals surface area contributed by atoms with Gasteiger partial charge in [-0.3, -0.25) is 0 Å². The Hall–Kier alpha value is -1.32. The van der Waals surface area contributed by atoms with Crippen molar-refractivity contribution in [1.82, 2.24) is 4.90 Å². The average molecular weight is 235 g/mol. The Kier molecular flexibility index (Phi) is 3.22. The van der Waals surface area contributed by atoms with E-state index in [-0.39, 0.29) is 11.6 Å². The van der Waals surface area contributed by atoms with Gasteiger partial charge in [0.25, 0.3) is 0 Å². The molecule has 94 valence electrons. The molecule has 2 amide bonds. The maximum atomic E-state index is 11.8. The summed E-state index contributed by atoms with van der Waals surface area (Å²) in [6, 6.07) is -0.197. The van der Waals surface area contributed by atoms with E-state index >= 15 is 0 Å². The summed E-state index contributed by atoms with van der Waals surface area (Å²) in [7, 11) is 0. The van der Waals surface area contributed by atoms with E-state index in [1.807, 2.05) is 0 Å². The summed E-state index contributed by atoms with van der Waals surface area (Å²) < 4.78 is 0. The van der Waals surface area contributed by atoms with Crippen molar-refractivity contribution in [2.75, 3.05) is 6.54 Å². The molecule has 0 unspecified atom stereocenters. The quantitative estimate of drug-likeness (QED) is 0.763. The topological polar surface area (TPSA) is 58.7 Å². The monoisotopic (exact) mass is 235 g/mol. The summed E-state index contributed by atoms with van der Waals surface area (Å²) >= 11 is 0. The van der Waals surface area contributed by atoms with Crippen molar-refractivity contribution in [2.45, 2.75) is 44.6 Å². The van der Waals surface area contributed by atoms with Gasteiger partial charge in [-0.15, -0.1) is 6.58 Å². The Bertz CT molecular complexity index is 354. The lowest BCUT2D eigenvalue weighted by Crippen LogP contribution is -2.56. The number of hydrogen-bond acceptors (Lipinski definition) is 2. The number of amides is 2. The standard InChI is InChI=1S/C13H21N3O/c1-3-9-16-12(17)15-11(14)13(16)7-5-10(4-2)6-8-13/h3,10H,1,4-9H2,2H3,(H2,14,15,17). The minimum Gasteiger partial charge on any atom is -0.385 e. The van der Waals surface area contributed by atoms with E-state index in [1.165, 1.54) is 6.42 Å². The van der Waals surface area contributed by atoms with Crippen LogP contribution in [0.3, 0.4) is 0 Å². The van der Waals surface area contributed by atoms with Gasteiger partial charge in [0.1, 0.15) is 11.4 Å². The van der Waals surface area contributed by atoms with E-state index in [9.17, 15) is 4.79 Å². The van der Waals surface area contributed by atoms with Crippen molar-refractivity contribution >= 4 is 11.9 Å². The summed E-state index contributed by atoms with van der Waals surface area (Å²) in [5, 5.41) is 0. The third kappa shape index (κ3) is 1.85. The summed E-state index contributed by atoms with van der Waals surface area (Å²) in [5.41, 5.74) is 5.69. The molecule has 0 bridgehead atoms. The zero-order valence-electron chi connectivity index (χ0n) is 10.5. The number of carbonyl (C=O) groups excluding carboxylic acids is 1. The molecule has 0 aromatic heterocycles. The van der Waals surface area contributed by atoms with E-state index in [2.05, 4.69) is 18.5 Å². The van der Waals surface area contributed by atoms with Crippen LogP contribution in [-0.2, 0) is 0 Å². The van der Waals surface area contributed by atoms with Crippen LogP contribution in [0.25, 0.3) is 0 Å². The molecule has 0 radical (unpaired) electrons. The number of carbonyl (C=O) groups is 1. The fourth-order valence-electron chi connectivity index (χ4n) is 3.06. The number of amidine groups is 1. The molecule has 2 N–H and O–H groups in total. The fourth-order valence-corrected chi connectivity index (χ4v) is 3.06. The number of hydrogen-bond donors (Lipinski definition) is 1. The molecule has 0 atom stereocenters. The van der Waals surface area contributed by atoms with Crippen molar-refractivity contribution in [3.05, 3.63) is 12.7 Å². The fraction of sp³-hybridized carbons (Fsp3) is 0.692. The Morgan fingerprint density at radius 1 is 1.59 bits per heavy atom. The van der Waals surface area contributed by atoms with Crippen LogP contribution in [0, 0.1) is 5.92 Å². The van der Waals surface area contributed by atoms with Crippen LogP contribution < -0.4 is 5.73 Å². The predicted octanol–water partition coefficient (Wildman–Crippen LogP) is 2.30. The van der Waals surface area contributed by atoms with Crippen LogP contribution in [0.15, 0.2) is 17.6 Å². The van der Waals surface area contributed by atoms with Gasteiger partial charge in [-0.2, -0.15) is 4.99 Å². The Morgan fingerprint density at radius 2 is 2.24 bits per heavy atom. The number of nitrogens with zero attached hydrogens (tertiary/aromatic N) is 2. The molecule has 4 nitrogen and oxygen atoms in total. The largest absolute Gasteiger partial charge is 0.385 e. The summed E-state index contributed by atoms with van der Waals surface area (Å²) in [6.45, 7) is 6.47. The van der Waals surface area contributed by atoms with Crippen molar-refractivity contribution in [1.29, 1.82) is 0 Å². The SMILES string of the molecule is C=CCN1C(=O)N=C(N)C12CCC(CC)CC2. The van der Waals surface area contributed by atoms with E-state index in [1.54, 1.807) is 11.0 Å². The van der Waals surface area contributed by atoms with E-state index in [4.69, 9.17) is 5.73 Å². The van der Waals surface area contributed by atoms with Gasteiger partial charge in [0.2, 0.25) is 0 Å². The van der Waals surface area contributed by atoms with Crippen LogP contribution in [-0.4, -0.2) is 28.9 Å². The first kappa shape index (κ1) is 12.1. The zero-order valence-corrected chi connectivity index (χ0v) is 10.5. The van der Waals surface area contributed by atoms with Gasteiger partial charge in [0.05, 0.1) is 0 Å². The van der Waals surface area contributed by atoms with Crippen LogP contribution in [0.2, 0.25) is 0 Å². The van der Waals surface area contributed by atoms with Gasteiger partial charge in [-0.25, -0.2) is 4.79 Å². The second-order valence-corrected chi connectivity index (χ2v) is 5.06. The molecule has 2 rings (SSSR count). The minimum atomic E-state index is -0.309. The lowest BCUT2D eigenvalue weighted by molar-refractivity contribution is 0.134. The molecule has 17 heavy (non-hydrogen) atoms. The second-order valence-electron chi connectivity index (χ2n) is 5.06. The molecule has 0 saturated heterocycles. The number of rotatable bonds is 3. The molecule has 0 aromatic rings. The van der Waals surface area contributed by atoms with E-state index in [0.717, 1.165) is 31.6 Å². The van der Waals surface area contributed by atoms with Gasteiger partial charge in [-0.1, -0.05) is 19.4 Å². The predicted molar refractivity (Wildman–Crippen MR) is 68.9 cm³/mol. The first-order valence-corrected chi connectivity index (χ1v) is 6.41. The summed E-state index contributed by atoms with van der Waals surface area (Å²) in [6.07, 6.45) is 7.12. The van der Waals surface area contributed by atoms with Gasteiger partial charge in [-0.05, 0) is 31.6 Å². The molecule has 1 spiro atoms. The summed E-state index contributed by atoms with van der Waals surface area (Å²) in [5.74, 6) is 1.29. The van der Waals surface area contributed by atoms with E-state index in [0.29, 0.717) is 12.4 Å². The number of urea groups is 1. The van der Waals surface area contributed by atoms with Crippen molar-refractivity contribution in [3.8, 4) is 0 Å². The third-order valence-electron chi connectivity index (χ3n) is 4.26. The maximum Gasteiger partial charge on any atom is 0.346 e. The van der Waals surface area contributed by atoms with Crippen LogP contribution in [0.4, 0.5) is 4.79 Å². The highest BCUT2D eigenvalue weighted by Crippen LogP contribution is 2.40. The van der Waals surface area contributed by atoms with Crippen LogP contribution >= 0.6 is 0 Å². The van der Waals surface area contributed by atoms with Crippen molar-refractivity contribution in [3.63, 3.8) is 0 Å². The van der Waals surface area contributed by atoms with Crippen molar-refractivity contribution < 1.29 is 4.79 Å². The lowest BCUT2D eigenvalue weighted by atomic mass is 9.74. The zero-order chi connectivity index (χ0) is 12.5. The average Bonchev–Trinajstić information content (AvgIpc) is 2.55. The summed E-state index contributed by atoms with van der Waals surface area (Å²) in [4.78, 5) is 17.6. The Morgan fingerprint density at radius 3 is 2.76 bits per heavy atom.